The summed E-state index contributed by atoms with van der Waals surface area (Å²) in [5.41, 5.74) is 9.60. The molecule has 0 saturated carbocycles. The Balaban J connectivity index is 1.69. The first kappa shape index (κ1) is 16.4. The van der Waals surface area contributed by atoms with Gasteiger partial charge in [-0.25, -0.2) is 4.68 Å². The summed E-state index contributed by atoms with van der Waals surface area (Å²) in [6.45, 7) is 2.17. The van der Waals surface area contributed by atoms with Crippen molar-refractivity contribution in [3.8, 4) is 5.75 Å². The molecule has 0 spiro atoms. The molecular weight excluding hydrogens is 326 g/mol. The smallest absolute Gasteiger partial charge is 0.241 e. The lowest BCUT2D eigenvalue weighted by Gasteiger charge is -2.31. The Morgan fingerprint density at radius 1 is 1.12 bits per heavy atom. The van der Waals surface area contributed by atoms with Gasteiger partial charge < -0.3 is 15.8 Å². The van der Waals surface area contributed by atoms with E-state index in [4.69, 9.17) is 10.5 Å². The Morgan fingerprint density at radius 2 is 1.81 bits per heavy atom. The molecule has 2 atom stereocenters. The molecule has 134 valence electrons. The average Bonchev–Trinajstić information content (AvgIpc) is 3.07. The molecular formula is C20H23N5O. The normalized spacial score (nSPS) is 18.8. The number of rotatable bonds is 4. The van der Waals surface area contributed by atoms with E-state index in [0.29, 0.717) is 5.95 Å². The van der Waals surface area contributed by atoms with Crippen LogP contribution in [-0.4, -0.2) is 21.9 Å². The number of anilines is 2. The number of nitrogens with two attached hydrogens (primary N) is 1. The van der Waals surface area contributed by atoms with E-state index in [0.717, 1.165) is 24.2 Å². The summed E-state index contributed by atoms with van der Waals surface area (Å²) in [6, 6.07) is 17.1. The third-order valence-electron chi connectivity index (χ3n) is 5.00. The first-order valence-corrected chi connectivity index (χ1v) is 8.89. The lowest BCUT2D eigenvalue weighted by Crippen LogP contribution is -2.28. The van der Waals surface area contributed by atoms with Gasteiger partial charge in [0.15, 0.2) is 0 Å². The van der Waals surface area contributed by atoms with Crippen molar-refractivity contribution >= 4 is 11.9 Å². The number of benzene rings is 2. The third kappa shape index (κ3) is 2.98. The maximum Gasteiger partial charge on any atom is 0.241 e. The number of fused-ring (bicyclic) bond motifs is 1. The van der Waals surface area contributed by atoms with Crippen LogP contribution in [0.2, 0.25) is 0 Å². The first-order valence-electron chi connectivity index (χ1n) is 8.89. The lowest BCUT2D eigenvalue weighted by atomic mass is 9.93. The molecule has 0 radical (unpaired) electrons. The van der Waals surface area contributed by atoms with Gasteiger partial charge in [-0.3, -0.25) is 0 Å². The predicted molar refractivity (Wildman–Crippen MR) is 102 cm³/mol. The van der Waals surface area contributed by atoms with E-state index in [1.165, 1.54) is 11.1 Å². The van der Waals surface area contributed by atoms with E-state index < -0.39 is 0 Å². The number of ether oxygens (including phenoxy) is 1. The summed E-state index contributed by atoms with van der Waals surface area (Å²) in [6.07, 6.45) is 1.91. The van der Waals surface area contributed by atoms with Crippen molar-refractivity contribution in [2.24, 2.45) is 0 Å². The lowest BCUT2D eigenvalue weighted by molar-refractivity contribution is 0.411. The van der Waals surface area contributed by atoms with Crippen LogP contribution in [0.15, 0.2) is 48.5 Å². The highest BCUT2D eigenvalue weighted by Crippen LogP contribution is 2.38. The zero-order chi connectivity index (χ0) is 18.1. The van der Waals surface area contributed by atoms with Gasteiger partial charge in [0.1, 0.15) is 5.75 Å². The summed E-state index contributed by atoms with van der Waals surface area (Å²) in [5.74, 6) is 1.83. The summed E-state index contributed by atoms with van der Waals surface area (Å²) < 4.78 is 7.16. The Kier molecular flexibility index (Phi) is 4.24. The molecule has 1 aromatic heterocycles. The van der Waals surface area contributed by atoms with Crippen LogP contribution in [0.4, 0.5) is 11.9 Å². The molecule has 26 heavy (non-hydrogen) atoms. The molecule has 2 aromatic carbocycles. The average molecular weight is 349 g/mol. The molecule has 0 aliphatic carbocycles. The van der Waals surface area contributed by atoms with Crippen LogP contribution < -0.4 is 15.8 Å². The summed E-state index contributed by atoms with van der Waals surface area (Å²) in [5, 5.41) is 7.88. The molecule has 6 heteroatoms. The first-order chi connectivity index (χ1) is 12.7. The molecule has 0 amide bonds. The van der Waals surface area contributed by atoms with Crippen LogP contribution >= 0.6 is 0 Å². The highest BCUT2D eigenvalue weighted by atomic mass is 16.5. The second kappa shape index (κ2) is 6.71. The van der Waals surface area contributed by atoms with Crippen LogP contribution in [0.1, 0.15) is 42.1 Å². The minimum Gasteiger partial charge on any atom is -0.497 e. The van der Waals surface area contributed by atoms with Gasteiger partial charge in [-0.1, -0.05) is 43.3 Å². The summed E-state index contributed by atoms with van der Waals surface area (Å²) >= 11 is 0. The second-order valence-corrected chi connectivity index (χ2v) is 6.55. The van der Waals surface area contributed by atoms with Crippen molar-refractivity contribution in [2.75, 3.05) is 18.2 Å². The van der Waals surface area contributed by atoms with E-state index >= 15 is 0 Å². The standard InChI is InChI=1S/C20H23N5O/c1-3-13-4-6-14(7-5-13)17-12-18(15-8-10-16(26-2)11-9-15)25-20(22-17)23-19(21)24-25/h4-11,17-18H,3,12H2,1-2H3,(H3,21,22,23,24). The molecule has 4 rings (SSSR count). The number of methoxy groups -OCH3 is 1. The van der Waals surface area contributed by atoms with E-state index in [9.17, 15) is 0 Å². The maximum atomic E-state index is 5.86. The van der Waals surface area contributed by atoms with E-state index in [1.807, 2.05) is 16.8 Å². The van der Waals surface area contributed by atoms with Crippen molar-refractivity contribution in [2.45, 2.75) is 31.8 Å². The van der Waals surface area contributed by atoms with Gasteiger partial charge in [0, 0.05) is 0 Å². The van der Waals surface area contributed by atoms with Gasteiger partial charge in [-0.15, -0.1) is 5.10 Å². The van der Waals surface area contributed by atoms with Crippen molar-refractivity contribution in [1.29, 1.82) is 0 Å². The summed E-state index contributed by atoms with van der Waals surface area (Å²) in [7, 11) is 1.67. The van der Waals surface area contributed by atoms with Crippen molar-refractivity contribution in [1.82, 2.24) is 14.8 Å². The minimum absolute atomic E-state index is 0.0674. The molecule has 3 N–H and O–H groups in total. The van der Waals surface area contributed by atoms with Crippen LogP contribution in [-0.2, 0) is 6.42 Å². The van der Waals surface area contributed by atoms with Gasteiger partial charge in [0.2, 0.25) is 11.9 Å². The van der Waals surface area contributed by atoms with Gasteiger partial charge in [0.05, 0.1) is 19.2 Å². The predicted octanol–water partition coefficient (Wildman–Crippen LogP) is 3.58. The zero-order valence-electron chi connectivity index (χ0n) is 15.0. The van der Waals surface area contributed by atoms with E-state index in [2.05, 4.69) is 58.7 Å². The number of nitrogens with one attached hydrogen (secondary N) is 1. The Labute approximate surface area is 153 Å². The van der Waals surface area contributed by atoms with Gasteiger partial charge in [-0.05, 0) is 41.7 Å². The second-order valence-electron chi connectivity index (χ2n) is 6.55. The van der Waals surface area contributed by atoms with Gasteiger partial charge in [-0.2, -0.15) is 4.98 Å². The fourth-order valence-electron chi connectivity index (χ4n) is 3.50. The van der Waals surface area contributed by atoms with Crippen LogP contribution in [0, 0.1) is 0 Å². The van der Waals surface area contributed by atoms with Crippen LogP contribution in [0.3, 0.4) is 0 Å². The Morgan fingerprint density at radius 3 is 2.46 bits per heavy atom. The molecule has 0 fully saturated rings. The third-order valence-corrected chi connectivity index (χ3v) is 5.00. The quantitative estimate of drug-likeness (QED) is 0.753. The maximum absolute atomic E-state index is 5.86. The molecule has 0 bridgehead atoms. The number of aromatic nitrogens is 3. The number of nitrogen functional groups attached to an aromatic ring is 1. The molecule has 0 saturated heterocycles. The topological polar surface area (TPSA) is 78.0 Å². The monoisotopic (exact) mass is 349 g/mol. The Bertz CT molecular complexity index is 886. The van der Waals surface area contributed by atoms with Crippen molar-refractivity contribution < 1.29 is 4.74 Å². The fourth-order valence-corrected chi connectivity index (χ4v) is 3.50. The molecule has 3 aromatic rings. The van der Waals surface area contributed by atoms with Crippen LogP contribution in [0.25, 0.3) is 0 Å². The number of nitrogens with zero attached hydrogens (tertiary/aromatic N) is 3. The largest absolute Gasteiger partial charge is 0.497 e. The number of hydrogen-bond donors (Lipinski definition) is 2. The molecule has 2 unspecified atom stereocenters. The molecule has 1 aliphatic heterocycles. The summed E-state index contributed by atoms with van der Waals surface area (Å²) in [4.78, 5) is 4.36. The fraction of sp³-hybridized carbons (Fsp3) is 0.300. The minimum atomic E-state index is 0.0674. The van der Waals surface area contributed by atoms with E-state index in [1.54, 1.807) is 7.11 Å². The van der Waals surface area contributed by atoms with Crippen LogP contribution in [0.5, 0.6) is 5.75 Å². The van der Waals surface area contributed by atoms with Gasteiger partial charge >= 0.3 is 0 Å². The zero-order valence-corrected chi connectivity index (χ0v) is 15.0. The number of aryl methyl sites for hydroxylation is 1. The highest BCUT2D eigenvalue weighted by Gasteiger charge is 2.30. The molecule has 1 aliphatic rings. The SMILES string of the molecule is CCc1ccc(C2CC(c3ccc(OC)cc3)n3nc(N)nc3N2)cc1. The van der Waals surface area contributed by atoms with Gasteiger partial charge in [0.25, 0.3) is 0 Å². The molecule has 6 nitrogen and oxygen atoms in total. The Hall–Kier alpha value is -3.02. The molecule has 2 heterocycles. The van der Waals surface area contributed by atoms with Crippen molar-refractivity contribution in [3.05, 3.63) is 65.2 Å². The number of hydrogen-bond acceptors (Lipinski definition) is 5. The highest BCUT2D eigenvalue weighted by molar-refractivity contribution is 5.42. The van der Waals surface area contributed by atoms with Crippen molar-refractivity contribution in [3.63, 3.8) is 0 Å². The van der Waals surface area contributed by atoms with E-state index in [-0.39, 0.29) is 18.0 Å².